The smallest absolute Gasteiger partial charge is 0.258 e. The Morgan fingerprint density at radius 2 is 2.00 bits per heavy atom. The molecule has 6 heteroatoms. The Balaban J connectivity index is 2.31. The number of hydrogen-bond donors (Lipinski definition) is 2. The molecule has 0 atom stereocenters. The molecule has 0 radical (unpaired) electrons. The molecule has 0 aliphatic rings. The van der Waals surface area contributed by atoms with Crippen LogP contribution in [0.15, 0.2) is 40.9 Å². The molecule has 0 aromatic heterocycles. The highest BCUT2D eigenvalue weighted by atomic mass is 79.9. The maximum atomic E-state index is 13.8. The van der Waals surface area contributed by atoms with Gasteiger partial charge in [0, 0.05) is 15.7 Å². The highest BCUT2D eigenvalue weighted by Crippen LogP contribution is 2.20. The number of benzene rings is 2. The van der Waals surface area contributed by atoms with Gasteiger partial charge < -0.3 is 11.1 Å². The third kappa shape index (κ3) is 3.65. The van der Waals surface area contributed by atoms with E-state index in [1.54, 1.807) is 24.3 Å². The quantitative estimate of drug-likeness (QED) is 0.812. The molecular weight excluding hydrogens is 355 g/mol. The number of hydrogen-bond acceptors (Lipinski definition) is 2. The van der Waals surface area contributed by atoms with Crippen molar-refractivity contribution in [3.63, 3.8) is 0 Å². The average molecular weight is 367 g/mol. The number of thiocarbonyl (C=S) groups is 1. The van der Waals surface area contributed by atoms with Gasteiger partial charge in [-0.3, -0.25) is 4.79 Å². The Labute approximate surface area is 135 Å². The fraction of sp³-hybridized carbons (Fsp3) is 0.0667. The first kappa shape index (κ1) is 15.6. The monoisotopic (exact) mass is 366 g/mol. The first-order valence-corrected chi connectivity index (χ1v) is 7.25. The second-order valence-corrected chi connectivity index (χ2v) is 5.83. The van der Waals surface area contributed by atoms with Crippen molar-refractivity contribution in [3.05, 3.63) is 63.4 Å². The van der Waals surface area contributed by atoms with Crippen molar-refractivity contribution in [2.24, 2.45) is 5.73 Å². The number of amides is 1. The van der Waals surface area contributed by atoms with Crippen molar-refractivity contribution < 1.29 is 9.18 Å². The second-order valence-electron chi connectivity index (χ2n) is 4.47. The number of aryl methyl sites for hydroxylation is 1. The second kappa shape index (κ2) is 6.32. The van der Waals surface area contributed by atoms with E-state index in [0.717, 1.165) is 5.56 Å². The lowest BCUT2D eigenvalue weighted by molar-refractivity contribution is 0.102. The third-order valence-corrected chi connectivity index (χ3v) is 3.68. The lowest BCUT2D eigenvalue weighted by Gasteiger charge is -2.11. The van der Waals surface area contributed by atoms with Crippen LogP contribution in [-0.2, 0) is 0 Å². The van der Waals surface area contributed by atoms with Crippen molar-refractivity contribution in [3.8, 4) is 0 Å². The van der Waals surface area contributed by atoms with Gasteiger partial charge in [0.1, 0.15) is 10.8 Å². The van der Waals surface area contributed by atoms with Gasteiger partial charge in [-0.05, 0) is 36.8 Å². The molecular formula is C15H12BrFN2OS. The standard InChI is InChI=1S/C15H12BrFN2OS/c1-8-2-3-9(14(18)21)6-13(8)19-15(20)11-5-4-10(16)7-12(11)17/h2-7H,1H3,(H2,18,21)(H,19,20). The molecule has 0 aliphatic carbocycles. The molecule has 0 heterocycles. The van der Waals surface area contributed by atoms with Crippen LogP contribution < -0.4 is 11.1 Å². The molecule has 108 valence electrons. The van der Waals surface area contributed by atoms with Gasteiger partial charge in [0.05, 0.1) is 5.56 Å². The lowest BCUT2D eigenvalue weighted by atomic mass is 10.1. The third-order valence-electron chi connectivity index (χ3n) is 2.95. The van der Waals surface area contributed by atoms with E-state index in [1.165, 1.54) is 12.1 Å². The van der Waals surface area contributed by atoms with E-state index in [2.05, 4.69) is 21.2 Å². The van der Waals surface area contributed by atoms with Crippen LogP contribution in [0.5, 0.6) is 0 Å². The van der Waals surface area contributed by atoms with Gasteiger partial charge in [0.25, 0.3) is 5.91 Å². The van der Waals surface area contributed by atoms with E-state index in [-0.39, 0.29) is 10.6 Å². The molecule has 0 unspecified atom stereocenters. The summed E-state index contributed by atoms with van der Waals surface area (Å²) >= 11 is 8.06. The highest BCUT2D eigenvalue weighted by Gasteiger charge is 2.13. The van der Waals surface area contributed by atoms with E-state index in [1.807, 2.05) is 6.92 Å². The van der Waals surface area contributed by atoms with Crippen LogP contribution in [0.2, 0.25) is 0 Å². The van der Waals surface area contributed by atoms with Crippen molar-refractivity contribution in [2.45, 2.75) is 6.92 Å². The van der Waals surface area contributed by atoms with Gasteiger partial charge >= 0.3 is 0 Å². The summed E-state index contributed by atoms with van der Waals surface area (Å²) in [5.41, 5.74) is 7.56. The van der Waals surface area contributed by atoms with Gasteiger partial charge in [-0.2, -0.15) is 0 Å². The first-order chi connectivity index (χ1) is 9.88. The molecule has 0 spiro atoms. The van der Waals surface area contributed by atoms with Crippen molar-refractivity contribution in [2.75, 3.05) is 5.32 Å². The van der Waals surface area contributed by atoms with Gasteiger partial charge in [0.2, 0.25) is 0 Å². The molecule has 0 saturated heterocycles. The Morgan fingerprint density at radius 3 is 2.62 bits per heavy atom. The summed E-state index contributed by atoms with van der Waals surface area (Å²) in [6.07, 6.45) is 0. The summed E-state index contributed by atoms with van der Waals surface area (Å²) in [7, 11) is 0. The van der Waals surface area contributed by atoms with Crippen LogP contribution in [0, 0.1) is 12.7 Å². The van der Waals surface area contributed by atoms with E-state index in [4.69, 9.17) is 18.0 Å². The number of nitrogens with two attached hydrogens (primary N) is 1. The van der Waals surface area contributed by atoms with Crippen LogP contribution >= 0.6 is 28.1 Å². The molecule has 3 N–H and O–H groups in total. The maximum absolute atomic E-state index is 13.8. The molecule has 21 heavy (non-hydrogen) atoms. The minimum atomic E-state index is -0.593. The van der Waals surface area contributed by atoms with Gasteiger partial charge in [-0.1, -0.05) is 40.3 Å². The average Bonchev–Trinajstić information content (AvgIpc) is 2.40. The van der Waals surface area contributed by atoms with E-state index < -0.39 is 11.7 Å². The summed E-state index contributed by atoms with van der Waals surface area (Å²) in [4.78, 5) is 12.4. The summed E-state index contributed by atoms with van der Waals surface area (Å²) in [6, 6.07) is 9.51. The summed E-state index contributed by atoms with van der Waals surface area (Å²) < 4.78 is 14.4. The fourth-order valence-corrected chi connectivity index (χ4v) is 2.23. The molecule has 3 nitrogen and oxygen atoms in total. The molecule has 0 fully saturated rings. The minimum Gasteiger partial charge on any atom is -0.389 e. The topological polar surface area (TPSA) is 55.1 Å². The molecule has 2 rings (SSSR count). The molecule has 1 amide bonds. The van der Waals surface area contributed by atoms with Gasteiger partial charge in [0.15, 0.2) is 0 Å². The normalized spacial score (nSPS) is 10.2. The van der Waals surface area contributed by atoms with E-state index in [0.29, 0.717) is 15.7 Å². The fourth-order valence-electron chi connectivity index (χ4n) is 1.77. The maximum Gasteiger partial charge on any atom is 0.258 e. The van der Waals surface area contributed by atoms with Crippen LogP contribution in [0.4, 0.5) is 10.1 Å². The predicted molar refractivity (Wildman–Crippen MR) is 89.1 cm³/mol. The SMILES string of the molecule is Cc1ccc(C(N)=S)cc1NC(=O)c1ccc(Br)cc1F. The minimum absolute atomic E-state index is 0.0293. The van der Waals surface area contributed by atoms with Crippen LogP contribution in [0.25, 0.3) is 0 Å². The van der Waals surface area contributed by atoms with Crippen molar-refractivity contribution in [1.29, 1.82) is 0 Å². The highest BCUT2D eigenvalue weighted by molar-refractivity contribution is 9.10. The summed E-state index contributed by atoms with van der Waals surface area (Å²) in [6.45, 7) is 1.83. The van der Waals surface area contributed by atoms with Crippen molar-refractivity contribution in [1.82, 2.24) is 0 Å². The first-order valence-electron chi connectivity index (χ1n) is 6.05. The van der Waals surface area contributed by atoms with Gasteiger partial charge in [-0.15, -0.1) is 0 Å². The van der Waals surface area contributed by atoms with Crippen LogP contribution in [0.3, 0.4) is 0 Å². The molecule has 2 aromatic carbocycles. The lowest BCUT2D eigenvalue weighted by Crippen LogP contribution is -2.16. The van der Waals surface area contributed by atoms with Crippen LogP contribution in [0.1, 0.15) is 21.5 Å². The Hall–Kier alpha value is -1.79. The zero-order valence-electron chi connectivity index (χ0n) is 11.1. The zero-order chi connectivity index (χ0) is 15.6. The number of anilines is 1. The van der Waals surface area contributed by atoms with E-state index in [9.17, 15) is 9.18 Å². The number of nitrogens with one attached hydrogen (secondary N) is 1. The summed E-state index contributed by atoms with van der Waals surface area (Å²) in [5.74, 6) is -1.12. The van der Waals surface area contributed by atoms with Gasteiger partial charge in [-0.25, -0.2) is 4.39 Å². The Bertz CT molecular complexity index is 734. The number of halogens is 2. The van der Waals surface area contributed by atoms with Crippen LogP contribution in [-0.4, -0.2) is 10.9 Å². The number of carbonyl (C=O) groups is 1. The molecule has 0 aliphatic heterocycles. The molecule has 0 saturated carbocycles. The predicted octanol–water partition coefficient (Wildman–Crippen LogP) is 3.78. The summed E-state index contributed by atoms with van der Waals surface area (Å²) in [5, 5.41) is 2.67. The van der Waals surface area contributed by atoms with E-state index >= 15 is 0 Å². The number of rotatable bonds is 3. The Morgan fingerprint density at radius 1 is 1.29 bits per heavy atom. The molecule has 2 aromatic rings. The number of carbonyl (C=O) groups excluding carboxylic acids is 1. The largest absolute Gasteiger partial charge is 0.389 e. The Kier molecular flexibility index (Phi) is 4.69. The zero-order valence-corrected chi connectivity index (χ0v) is 13.5. The molecule has 0 bridgehead atoms. The van der Waals surface area contributed by atoms with Crippen molar-refractivity contribution >= 4 is 44.7 Å².